The highest BCUT2D eigenvalue weighted by atomic mass is 32.2. The minimum absolute atomic E-state index is 0.0500. The normalized spacial score (nSPS) is 10.2. The third kappa shape index (κ3) is 2.83. The average Bonchev–Trinajstić information content (AvgIpc) is 2.26. The van der Waals surface area contributed by atoms with Gasteiger partial charge in [0.2, 0.25) is 0 Å². The van der Waals surface area contributed by atoms with Gasteiger partial charge in [-0.2, -0.15) is 0 Å². The molecule has 0 amide bonds. The maximum absolute atomic E-state index is 13.2. The number of nitro groups is 1. The first-order chi connectivity index (χ1) is 7.60. The number of aliphatic hydroxyl groups excluding tert-OH is 1. The van der Waals surface area contributed by atoms with E-state index >= 15 is 0 Å². The number of halogens is 1. The molecule has 0 atom stereocenters. The van der Waals surface area contributed by atoms with Crippen LogP contribution in [0.5, 0.6) is 5.75 Å². The Balaban J connectivity index is 3.14. The smallest absolute Gasteiger partial charge is 0.286 e. The molecule has 1 rings (SSSR count). The highest BCUT2D eigenvalue weighted by Gasteiger charge is 2.18. The molecule has 0 spiro atoms. The van der Waals surface area contributed by atoms with Gasteiger partial charge in [0.15, 0.2) is 11.6 Å². The maximum atomic E-state index is 13.2. The van der Waals surface area contributed by atoms with Crippen LogP contribution in [0.15, 0.2) is 17.0 Å². The standard InChI is InChI=1S/C9H10FNO4S/c1-15-8-5-9(16-3-2-12)7(11(13)14)4-6(8)10/h4-5,12H,2-3H2,1H3. The monoisotopic (exact) mass is 247 g/mol. The zero-order valence-corrected chi connectivity index (χ0v) is 9.29. The quantitative estimate of drug-likeness (QED) is 0.488. The highest BCUT2D eigenvalue weighted by molar-refractivity contribution is 7.99. The van der Waals surface area contributed by atoms with E-state index in [9.17, 15) is 14.5 Å². The van der Waals surface area contributed by atoms with Crippen LogP contribution >= 0.6 is 11.8 Å². The molecule has 0 saturated heterocycles. The van der Waals surface area contributed by atoms with Crippen molar-refractivity contribution in [2.75, 3.05) is 19.5 Å². The molecular formula is C9H10FNO4S. The number of benzene rings is 1. The summed E-state index contributed by atoms with van der Waals surface area (Å²) in [4.78, 5) is 10.3. The lowest BCUT2D eigenvalue weighted by Gasteiger charge is -2.06. The van der Waals surface area contributed by atoms with Gasteiger partial charge in [-0.3, -0.25) is 10.1 Å². The lowest BCUT2D eigenvalue weighted by molar-refractivity contribution is -0.387. The van der Waals surface area contributed by atoms with Crippen molar-refractivity contribution in [3.63, 3.8) is 0 Å². The second-order valence-electron chi connectivity index (χ2n) is 2.78. The van der Waals surface area contributed by atoms with Gasteiger partial charge >= 0.3 is 0 Å². The highest BCUT2D eigenvalue weighted by Crippen LogP contribution is 2.34. The predicted molar refractivity (Wildman–Crippen MR) is 57.4 cm³/mol. The topological polar surface area (TPSA) is 72.6 Å². The van der Waals surface area contributed by atoms with Crippen LogP contribution in [0, 0.1) is 15.9 Å². The molecule has 0 fully saturated rings. The van der Waals surface area contributed by atoms with Crippen LogP contribution in [0.2, 0.25) is 0 Å². The molecule has 0 aliphatic rings. The fourth-order valence-corrected chi connectivity index (χ4v) is 1.88. The molecule has 0 aromatic heterocycles. The van der Waals surface area contributed by atoms with Crippen LogP contribution in [0.3, 0.4) is 0 Å². The molecule has 1 aromatic rings. The van der Waals surface area contributed by atoms with Crippen LogP contribution in [0.4, 0.5) is 10.1 Å². The van der Waals surface area contributed by atoms with E-state index in [1.165, 1.54) is 13.2 Å². The number of thioether (sulfide) groups is 1. The summed E-state index contributed by atoms with van der Waals surface area (Å²) in [5.41, 5.74) is -0.322. The van der Waals surface area contributed by atoms with E-state index in [1.54, 1.807) is 0 Å². The van der Waals surface area contributed by atoms with Crippen molar-refractivity contribution in [3.8, 4) is 5.75 Å². The minimum atomic E-state index is -0.775. The Hall–Kier alpha value is -1.34. The average molecular weight is 247 g/mol. The van der Waals surface area contributed by atoms with Crippen LogP contribution in [-0.4, -0.2) is 29.5 Å². The van der Waals surface area contributed by atoms with Gasteiger partial charge in [-0.1, -0.05) is 0 Å². The first-order valence-electron chi connectivity index (χ1n) is 4.35. The third-order valence-corrected chi connectivity index (χ3v) is 2.80. The molecule has 1 N–H and O–H groups in total. The second-order valence-corrected chi connectivity index (χ2v) is 3.92. The fourth-order valence-electron chi connectivity index (χ4n) is 1.09. The van der Waals surface area contributed by atoms with E-state index in [4.69, 9.17) is 9.84 Å². The molecule has 7 heteroatoms. The van der Waals surface area contributed by atoms with Gasteiger partial charge in [-0.25, -0.2) is 4.39 Å². The zero-order valence-electron chi connectivity index (χ0n) is 8.47. The van der Waals surface area contributed by atoms with E-state index < -0.39 is 10.7 Å². The van der Waals surface area contributed by atoms with Crippen LogP contribution in [-0.2, 0) is 0 Å². The predicted octanol–water partition coefficient (Wildman–Crippen LogP) is 1.83. The molecular weight excluding hydrogens is 237 g/mol. The molecule has 0 heterocycles. The van der Waals surface area contributed by atoms with Gasteiger partial charge in [0, 0.05) is 11.8 Å². The summed E-state index contributed by atoms with van der Waals surface area (Å²) in [6, 6.07) is 2.08. The van der Waals surface area contributed by atoms with Gasteiger partial charge in [-0.05, 0) is 0 Å². The number of aliphatic hydroxyl groups is 1. The number of nitrogens with zero attached hydrogens (tertiary/aromatic N) is 1. The number of hydrogen-bond acceptors (Lipinski definition) is 5. The Morgan fingerprint density at radius 1 is 1.62 bits per heavy atom. The maximum Gasteiger partial charge on any atom is 0.286 e. The number of ether oxygens (including phenoxy) is 1. The van der Waals surface area contributed by atoms with E-state index in [0.29, 0.717) is 5.75 Å². The Bertz CT molecular complexity index is 399. The van der Waals surface area contributed by atoms with Crippen LogP contribution in [0.25, 0.3) is 0 Å². The van der Waals surface area contributed by atoms with Crippen molar-refractivity contribution in [1.82, 2.24) is 0 Å². The summed E-state index contributed by atoms with van der Waals surface area (Å²) in [6.07, 6.45) is 0. The van der Waals surface area contributed by atoms with Crippen molar-refractivity contribution >= 4 is 17.4 Å². The SMILES string of the molecule is COc1cc(SCCO)c([N+](=O)[O-])cc1F. The van der Waals surface area contributed by atoms with Gasteiger partial charge in [0.05, 0.1) is 29.6 Å². The molecule has 0 aliphatic carbocycles. The number of rotatable bonds is 5. The van der Waals surface area contributed by atoms with E-state index in [0.717, 1.165) is 17.8 Å². The lowest BCUT2D eigenvalue weighted by atomic mass is 10.3. The molecule has 0 bridgehead atoms. The van der Waals surface area contributed by atoms with Crippen molar-refractivity contribution < 1.29 is 19.2 Å². The summed E-state index contributed by atoms with van der Waals surface area (Å²) >= 11 is 1.08. The zero-order chi connectivity index (χ0) is 12.1. The van der Waals surface area contributed by atoms with Crippen LogP contribution in [0.1, 0.15) is 0 Å². The Kier molecular flexibility index (Phi) is 4.51. The van der Waals surface area contributed by atoms with Gasteiger partial charge in [0.1, 0.15) is 0 Å². The fraction of sp³-hybridized carbons (Fsp3) is 0.333. The van der Waals surface area contributed by atoms with Crippen molar-refractivity contribution in [2.24, 2.45) is 0 Å². The first-order valence-corrected chi connectivity index (χ1v) is 5.34. The van der Waals surface area contributed by atoms with E-state index in [2.05, 4.69) is 0 Å². The Morgan fingerprint density at radius 3 is 2.81 bits per heavy atom. The molecule has 0 aliphatic heterocycles. The second kappa shape index (κ2) is 5.66. The largest absolute Gasteiger partial charge is 0.494 e. The molecule has 16 heavy (non-hydrogen) atoms. The number of methoxy groups -OCH3 is 1. The summed E-state index contributed by atoms with van der Waals surface area (Å²) in [5.74, 6) is -0.524. The molecule has 1 aromatic carbocycles. The van der Waals surface area contributed by atoms with Gasteiger partial charge < -0.3 is 9.84 Å². The van der Waals surface area contributed by atoms with E-state index in [-0.39, 0.29) is 22.9 Å². The first kappa shape index (κ1) is 12.7. The van der Waals surface area contributed by atoms with Gasteiger partial charge in [-0.15, -0.1) is 11.8 Å². The summed E-state index contributed by atoms with van der Waals surface area (Å²) < 4.78 is 18.0. The molecule has 0 unspecified atom stereocenters. The Morgan fingerprint density at radius 2 is 2.31 bits per heavy atom. The van der Waals surface area contributed by atoms with Crippen molar-refractivity contribution in [2.45, 2.75) is 4.90 Å². The molecule has 5 nitrogen and oxygen atoms in total. The summed E-state index contributed by atoms with van der Waals surface area (Å²) in [5, 5.41) is 19.3. The minimum Gasteiger partial charge on any atom is -0.494 e. The third-order valence-electron chi connectivity index (χ3n) is 1.78. The number of hydrogen-bond donors (Lipinski definition) is 1. The lowest BCUT2D eigenvalue weighted by Crippen LogP contribution is -1.96. The summed E-state index contributed by atoms with van der Waals surface area (Å²) in [6.45, 7) is -0.110. The molecule has 0 radical (unpaired) electrons. The summed E-state index contributed by atoms with van der Waals surface area (Å²) in [7, 11) is 1.28. The van der Waals surface area contributed by atoms with Crippen LogP contribution < -0.4 is 4.74 Å². The molecule has 0 saturated carbocycles. The van der Waals surface area contributed by atoms with Crippen molar-refractivity contribution in [1.29, 1.82) is 0 Å². The Labute approximate surface area is 95.4 Å². The van der Waals surface area contributed by atoms with Gasteiger partial charge in [0.25, 0.3) is 5.69 Å². The van der Waals surface area contributed by atoms with E-state index in [1.807, 2.05) is 0 Å². The number of nitro benzene ring substituents is 1. The molecule has 88 valence electrons. The van der Waals surface area contributed by atoms with Crippen molar-refractivity contribution in [3.05, 3.63) is 28.1 Å².